The molecule has 0 saturated heterocycles. The quantitative estimate of drug-likeness (QED) is 0.684. The molecule has 0 aliphatic heterocycles. The van der Waals surface area contributed by atoms with E-state index in [1.165, 1.54) is 18.2 Å². The van der Waals surface area contributed by atoms with Crippen LogP contribution in [-0.2, 0) is 6.42 Å². The van der Waals surface area contributed by atoms with E-state index in [0.717, 1.165) is 18.2 Å². The molecule has 2 nitrogen and oxygen atoms in total. The average molecular weight is 265 g/mol. The van der Waals surface area contributed by atoms with E-state index in [2.05, 4.69) is 0 Å². The molecule has 0 heterocycles. The van der Waals surface area contributed by atoms with Crippen molar-refractivity contribution < 1.29 is 18.0 Å². The van der Waals surface area contributed by atoms with Crippen LogP contribution in [0.4, 0.5) is 18.9 Å². The maximum absolute atomic E-state index is 13.4. The second-order valence-corrected chi connectivity index (χ2v) is 4.04. The van der Waals surface area contributed by atoms with Gasteiger partial charge in [0.1, 0.15) is 17.5 Å². The second kappa shape index (κ2) is 5.14. The third-order valence-corrected chi connectivity index (χ3v) is 2.72. The van der Waals surface area contributed by atoms with Crippen molar-refractivity contribution in [1.82, 2.24) is 0 Å². The van der Waals surface area contributed by atoms with E-state index in [-0.39, 0.29) is 16.8 Å². The molecule has 0 fully saturated rings. The lowest BCUT2D eigenvalue weighted by atomic mass is 10.0. The van der Waals surface area contributed by atoms with Gasteiger partial charge in [-0.3, -0.25) is 4.79 Å². The molecule has 0 aliphatic carbocycles. The van der Waals surface area contributed by atoms with Crippen molar-refractivity contribution >= 4 is 11.5 Å². The SMILES string of the molecule is Nc1ccc(C(=O)Cc2c(F)cccc2F)cc1F. The van der Waals surface area contributed by atoms with Crippen molar-refractivity contribution in [3.05, 3.63) is 65.0 Å². The molecule has 2 N–H and O–H groups in total. The van der Waals surface area contributed by atoms with Gasteiger partial charge in [0.2, 0.25) is 0 Å². The molecule has 0 radical (unpaired) electrons. The number of carbonyl (C=O) groups excluding carboxylic acids is 1. The maximum atomic E-state index is 13.4. The highest BCUT2D eigenvalue weighted by Crippen LogP contribution is 2.17. The van der Waals surface area contributed by atoms with Crippen LogP contribution in [-0.4, -0.2) is 5.78 Å². The number of anilines is 1. The molecule has 0 aliphatic rings. The van der Waals surface area contributed by atoms with E-state index >= 15 is 0 Å². The van der Waals surface area contributed by atoms with E-state index in [9.17, 15) is 18.0 Å². The molecule has 0 bridgehead atoms. The lowest BCUT2D eigenvalue weighted by Gasteiger charge is -2.05. The minimum absolute atomic E-state index is 0.0225. The summed E-state index contributed by atoms with van der Waals surface area (Å²) in [6.45, 7) is 0. The van der Waals surface area contributed by atoms with Gasteiger partial charge in [-0.1, -0.05) is 6.07 Å². The summed E-state index contributed by atoms with van der Waals surface area (Å²) in [5, 5.41) is 0. The third-order valence-electron chi connectivity index (χ3n) is 2.72. The van der Waals surface area contributed by atoms with Gasteiger partial charge in [-0.2, -0.15) is 0 Å². The second-order valence-electron chi connectivity index (χ2n) is 4.04. The molecule has 0 aromatic heterocycles. The lowest BCUT2D eigenvalue weighted by molar-refractivity contribution is 0.0990. The fourth-order valence-corrected chi connectivity index (χ4v) is 1.66. The summed E-state index contributed by atoms with van der Waals surface area (Å²) >= 11 is 0. The van der Waals surface area contributed by atoms with Gasteiger partial charge in [0.15, 0.2) is 5.78 Å². The minimum atomic E-state index is -0.802. The van der Waals surface area contributed by atoms with E-state index in [0.29, 0.717) is 0 Å². The van der Waals surface area contributed by atoms with Crippen LogP contribution in [0.25, 0.3) is 0 Å². The number of Topliss-reactive ketones (excluding diaryl/α,β-unsaturated/α-hetero) is 1. The molecule has 0 spiro atoms. The number of benzene rings is 2. The van der Waals surface area contributed by atoms with Crippen LogP contribution in [0.2, 0.25) is 0 Å². The zero-order chi connectivity index (χ0) is 14.0. The van der Waals surface area contributed by atoms with Gasteiger partial charge in [-0.25, -0.2) is 13.2 Å². The highest BCUT2D eigenvalue weighted by Gasteiger charge is 2.15. The molecule has 2 aromatic carbocycles. The Bertz CT molecular complexity index is 620. The van der Waals surface area contributed by atoms with E-state index in [4.69, 9.17) is 5.73 Å². The van der Waals surface area contributed by atoms with Gasteiger partial charge in [0.05, 0.1) is 5.69 Å². The van der Waals surface area contributed by atoms with E-state index < -0.39 is 29.7 Å². The molecule has 2 rings (SSSR count). The largest absolute Gasteiger partial charge is 0.396 e. The molecule has 0 unspecified atom stereocenters. The summed E-state index contributed by atoms with van der Waals surface area (Å²) < 4.78 is 40.0. The Balaban J connectivity index is 2.28. The monoisotopic (exact) mass is 265 g/mol. The summed E-state index contributed by atoms with van der Waals surface area (Å²) in [6, 6.07) is 6.85. The third kappa shape index (κ3) is 2.76. The van der Waals surface area contributed by atoms with Gasteiger partial charge in [0.25, 0.3) is 0 Å². The number of hydrogen-bond acceptors (Lipinski definition) is 2. The highest BCUT2D eigenvalue weighted by molar-refractivity contribution is 5.97. The molecule has 5 heteroatoms. The van der Waals surface area contributed by atoms with Gasteiger partial charge in [-0.05, 0) is 30.3 Å². The summed E-state index contributed by atoms with van der Waals surface area (Å²) in [6.07, 6.45) is -0.470. The average Bonchev–Trinajstić information content (AvgIpc) is 2.37. The van der Waals surface area contributed by atoms with Gasteiger partial charge < -0.3 is 5.73 Å². The van der Waals surface area contributed by atoms with Crippen LogP contribution in [0.3, 0.4) is 0 Å². The first-order valence-electron chi connectivity index (χ1n) is 5.50. The lowest BCUT2D eigenvalue weighted by Crippen LogP contribution is -2.08. The maximum Gasteiger partial charge on any atom is 0.167 e. The number of nitrogen functional groups attached to an aromatic ring is 1. The zero-order valence-electron chi connectivity index (χ0n) is 9.79. The van der Waals surface area contributed by atoms with Crippen molar-refractivity contribution in [2.45, 2.75) is 6.42 Å². The number of ketones is 1. The number of halogens is 3. The number of hydrogen-bond donors (Lipinski definition) is 1. The molecule has 2 aromatic rings. The van der Waals surface area contributed by atoms with Crippen LogP contribution in [0.5, 0.6) is 0 Å². The Hall–Kier alpha value is -2.30. The van der Waals surface area contributed by atoms with E-state index in [1.807, 2.05) is 0 Å². The predicted octanol–water partition coefficient (Wildman–Crippen LogP) is 3.11. The standard InChI is InChI=1S/C14H10F3NO/c15-10-2-1-3-11(16)9(10)7-14(19)8-4-5-13(18)12(17)6-8/h1-6H,7,18H2. The first-order valence-corrected chi connectivity index (χ1v) is 5.50. The first-order chi connectivity index (χ1) is 8.99. The van der Waals surface area contributed by atoms with Crippen LogP contribution in [0, 0.1) is 17.5 Å². The molecule has 0 atom stereocenters. The van der Waals surface area contributed by atoms with Crippen LogP contribution >= 0.6 is 0 Å². The topological polar surface area (TPSA) is 43.1 Å². The molecular formula is C14H10F3NO. The van der Waals surface area contributed by atoms with Crippen molar-refractivity contribution in [1.29, 1.82) is 0 Å². The molecule has 19 heavy (non-hydrogen) atoms. The molecule has 0 saturated carbocycles. The van der Waals surface area contributed by atoms with Crippen molar-refractivity contribution in [3.63, 3.8) is 0 Å². The summed E-state index contributed by atoms with van der Waals surface area (Å²) in [4.78, 5) is 11.8. The minimum Gasteiger partial charge on any atom is -0.396 e. The van der Waals surface area contributed by atoms with Crippen LogP contribution in [0.15, 0.2) is 36.4 Å². The Morgan fingerprint density at radius 1 is 1.00 bits per heavy atom. The predicted molar refractivity (Wildman–Crippen MR) is 65.2 cm³/mol. The van der Waals surface area contributed by atoms with E-state index in [1.54, 1.807) is 0 Å². The fourth-order valence-electron chi connectivity index (χ4n) is 1.66. The number of carbonyl (C=O) groups is 1. The summed E-state index contributed by atoms with van der Waals surface area (Å²) in [5.74, 6) is -2.92. The Morgan fingerprint density at radius 3 is 2.21 bits per heavy atom. The number of rotatable bonds is 3. The smallest absolute Gasteiger partial charge is 0.167 e. The highest BCUT2D eigenvalue weighted by atomic mass is 19.1. The van der Waals surface area contributed by atoms with Gasteiger partial charge in [-0.15, -0.1) is 0 Å². The first kappa shape index (κ1) is 13.1. The Kier molecular flexibility index (Phi) is 3.55. The summed E-state index contributed by atoms with van der Waals surface area (Å²) in [5.41, 5.74) is 4.89. The molecule has 0 amide bonds. The molecule has 98 valence electrons. The van der Waals surface area contributed by atoms with Crippen LogP contribution < -0.4 is 5.73 Å². The van der Waals surface area contributed by atoms with Crippen molar-refractivity contribution in [2.24, 2.45) is 0 Å². The van der Waals surface area contributed by atoms with Crippen LogP contribution in [0.1, 0.15) is 15.9 Å². The fraction of sp³-hybridized carbons (Fsp3) is 0.0714. The zero-order valence-corrected chi connectivity index (χ0v) is 9.79. The van der Waals surface area contributed by atoms with Crippen molar-refractivity contribution in [3.8, 4) is 0 Å². The summed E-state index contributed by atoms with van der Waals surface area (Å²) in [7, 11) is 0. The molecular weight excluding hydrogens is 255 g/mol. The van der Waals surface area contributed by atoms with Gasteiger partial charge in [0, 0.05) is 17.5 Å². The van der Waals surface area contributed by atoms with Gasteiger partial charge >= 0.3 is 0 Å². The Morgan fingerprint density at radius 2 is 1.63 bits per heavy atom. The number of nitrogens with two attached hydrogens (primary N) is 1. The Labute approximate surface area is 107 Å². The normalized spacial score (nSPS) is 10.5. The van der Waals surface area contributed by atoms with Crippen molar-refractivity contribution in [2.75, 3.05) is 5.73 Å².